The number of rotatable bonds is 11. The highest BCUT2D eigenvalue weighted by atomic mass is 31.2. The maximum Gasteiger partial charge on any atom is 0.459 e. The molecular formula is C23H31N3O9P+. The highest BCUT2D eigenvalue weighted by Gasteiger charge is 2.49. The van der Waals surface area contributed by atoms with Gasteiger partial charge in [0.2, 0.25) is 0 Å². The van der Waals surface area contributed by atoms with Gasteiger partial charge in [0, 0.05) is 6.07 Å². The van der Waals surface area contributed by atoms with E-state index in [0.717, 1.165) is 0 Å². The molecule has 4 unspecified atom stereocenters. The van der Waals surface area contributed by atoms with Gasteiger partial charge in [0.1, 0.15) is 29.6 Å². The lowest BCUT2D eigenvalue weighted by Crippen LogP contribution is -2.46. The molecule has 1 aromatic heterocycles. The number of para-hydroxylation sites is 1. The zero-order valence-corrected chi connectivity index (χ0v) is 21.0. The number of amides is 1. The summed E-state index contributed by atoms with van der Waals surface area (Å²) < 4.78 is 37.0. The summed E-state index contributed by atoms with van der Waals surface area (Å²) in [4.78, 5) is 23.8. The van der Waals surface area contributed by atoms with Crippen molar-refractivity contribution >= 4 is 19.6 Å². The molecule has 1 aliphatic heterocycles. The lowest BCUT2D eigenvalue weighted by Gasteiger charge is -2.24. The number of hydrogen-bond donors (Lipinski definition) is 4. The van der Waals surface area contributed by atoms with Crippen LogP contribution in [0.1, 0.15) is 37.4 Å². The van der Waals surface area contributed by atoms with Crippen molar-refractivity contribution in [1.82, 2.24) is 5.09 Å². The number of ether oxygens (including phenoxy) is 2. The molecule has 1 aliphatic rings. The van der Waals surface area contributed by atoms with Crippen LogP contribution in [0, 0.1) is 0 Å². The van der Waals surface area contributed by atoms with Crippen LogP contribution in [0.3, 0.4) is 0 Å². The third-order valence-electron chi connectivity index (χ3n) is 5.17. The standard InChI is InChI=1S/C23H30N3O9P/c1-14(2)33-23(30)15(3)25-36(31,35-17-9-5-4-6-10-17)32-13-18-19(27)20(28)22(34-18)26-11-7-8-16(12-26)21(24)29/h4-12,14-15,18-20,22,27-28H,13H2,1-3H3,(H2-,24,25,29,31)/p+1/t15-,18?,19+,20?,22?,36?/m0/s1. The summed E-state index contributed by atoms with van der Waals surface area (Å²) in [7, 11) is -4.20. The molecule has 1 amide bonds. The molecule has 3 rings (SSSR count). The van der Waals surface area contributed by atoms with E-state index < -0.39 is 56.8 Å². The van der Waals surface area contributed by atoms with Gasteiger partial charge in [-0.05, 0) is 39.0 Å². The second-order valence-electron chi connectivity index (χ2n) is 8.48. The van der Waals surface area contributed by atoms with Crippen LogP contribution in [0.25, 0.3) is 0 Å². The fourth-order valence-electron chi connectivity index (χ4n) is 3.42. The number of nitrogens with one attached hydrogen (secondary N) is 1. The number of carbonyl (C=O) groups excluding carboxylic acids is 2. The minimum atomic E-state index is -4.20. The minimum Gasteiger partial charge on any atom is -0.462 e. The lowest BCUT2D eigenvalue weighted by atomic mass is 10.1. The molecule has 13 heteroatoms. The van der Waals surface area contributed by atoms with Gasteiger partial charge in [0.15, 0.2) is 18.5 Å². The van der Waals surface area contributed by atoms with Gasteiger partial charge < -0.3 is 29.9 Å². The van der Waals surface area contributed by atoms with Crippen LogP contribution in [0.4, 0.5) is 0 Å². The third-order valence-corrected chi connectivity index (χ3v) is 6.82. The smallest absolute Gasteiger partial charge is 0.459 e. The second-order valence-corrected chi connectivity index (χ2v) is 10.2. The largest absolute Gasteiger partial charge is 0.462 e. The fraction of sp³-hybridized carbons (Fsp3) is 0.435. The Bertz CT molecular complexity index is 1100. The lowest BCUT2D eigenvalue weighted by molar-refractivity contribution is -0.765. The van der Waals surface area contributed by atoms with Crippen LogP contribution < -0.4 is 19.9 Å². The Morgan fingerprint density at radius 2 is 1.83 bits per heavy atom. The van der Waals surface area contributed by atoms with E-state index in [0.29, 0.717) is 0 Å². The quantitative estimate of drug-likeness (QED) is 0.187. The molecule has 196 valence electrons. The van der Waals surface area contributed by atoms with Gasteiger partial charge in [-0.1, -0.05) is 18.2 Å². The van der Waals surface area contributed by atoms with E-state index in [9.17, 15) is 24.4 Å². The highest BCUT2D eigenvalue weighted by molar-refractivity contribution is 7.52. The number of primary amides is 1. The number of hydrogen-bond acceptors (Lipinski definition) is 9. The average Bonchev–Trinajstić information content (AvgIpc) is 3.11. The zero-order valence-electron chi connectivity index (χ0n) is 20.1. The van der Waals surface area contributed by atoms with Crippen molar-refractivity contribution in [2.24, 2.45) is 5.73 Å². The molecule has 6 atom stereocenters. The van der Waals surface area contributed by atoms with E-state index in [1.807, 2.05) is 0 Å². The molecule has 0 bridgehead atoms. The summed E-state index contributed by atoms with van der Waals surface area (Å²) in [5, 5.41) is 23.6. The van der Waals surface area contributed by atoms with Crippen LogP contribution in [-0.2, 0) is 23.4 Å². The van der Waals surface area contributed by atoms with Crippen molar-refractivity contribution in [2.45, 2.75) is 57.5 Å². The Hall–Kier alpha value is -2.86. The Morgan fingerprint density at radius 3 is 2.47 bits per heavy atom. The van der Waals surface area contributed by atoms with Gasteiger partial charge in [-0.3, -0.25) is 14.1 Å². The number of carbonyl (C=O) groups is 2. The molecule has 36 heavy (non-hydrogen) atoms. The van der Waals surface area contributed by atoms with E-state index in [2.05, 4.69) is 5.09 Å². The van der Waals surface area contributed by atoms with Gasteiger partial charge in [0.05, 0.1) is 12.7 Å². The number of nitrogens with zero attached hydrogens (tertiary/aromatic N) is 1. The van der Waals surface area contributed by atoms with Gasteiger partial charge in [-0.15, -0.1) is 0 Å². The van der Waals surface area contributed by atoms with Gasteiger partial charge >= 0.3 is 13.7 Å². The molecule has 2 aromatic rings. The molecule has 12 nitrogen and oxygen atoms in total. The molecule has 0 saturated carbocycles. The van der Waals surface area contributed by atoms with Crippen LogP contribution in [0.5, 0.6) is 5.75 Å². The first kappa shape index (κ1) is 27.7. The summed E-state index contributed by atoms with van der Waals surface area (Å²) in [6.45, 7) is 4.34. The Labute approximate surface area is 208 Å². The zero-order chi connectivity index (χ0) is 26.5. The first-order valence-electron chi connectivity index (χ1n) is 11.3. The number of aliphatic hydroxyl groups is 2. The summed E-state index contributed by atoms with van der Waals surface area (Å²) >= 11 is 0. The van der Waals surface area contributed by atoms with Crippen molar-refractivity contribution in [1.29, 1.82) is 0 Å². The number of aliphatic hydroxyl groups excluding tert-OH is 2. The summed E-state index contributed by atoms with van der Waals surface area (Å²) in [5.41, 5.74) is 5.48. The van der Waals surface area contributed by atoms with E-state index in [1.54, 1.807) is 44.2 Å². The number of nitrogens with two attached hydrogens (primary N) is 1. The van der Waals surface area contributed by atoms with E-state index in [1.165, 1.54) is 36.0 Å². The predicted molar refractivity (Wildman–Crippen MR) is 126 cm³/mol. The molecule has 5 N–H and O–H groups in total. The van der Waals surface area contributed by atoms with Crippen molar-refractivity contribution in [3.63, 3.8) is 0 Å². The number of aromatic nitrogens is 1. The first-order valence-corrected chi connectivity index (χ1v) is 12.8. The molecule has 1 aromatic carbocycles. The SMILES string of the molecule is CC(C)OC(=O)[C@H](C)NP(=O)(OCC1OC([n+]2cccc(C(N)=O)c2)C(O)[C@@H]1O)Oc1ccccc1. The van der Waals surface area contributed by atoms with Crippen LogP contribution in [0.2, 0.25) is 0 Å². The van der Waals surface area contributed by atoms with E-state index in [-0.39, 0.29) is 17.4 Å². The summed E-state index contributed by atoms with van der Waals surface area (Å²) in [6.07, 6.45) is -2.50. The molecule has 0 spiro atoms. The maximum absolute atomic E-state index is 13.6. The average molecular weight is 524 g/mol. The predicted octanol–water partition coefficient (Wildman–Crippen LogP) is 0.826. The van der Waals surface area contributed by atoms with Crippen molar-refractivity contribution in [3.8, 4) is 5.75 Å². The molecule has 2 heterocycles. The van der Waals surface area contributed by atoms with Gasteiger partial charge in [0.25, 0.3) is 12.1 Å². The molecule has 0 aliphatic carbocycles. The Morgan fingerprint density at radius 1 is 1.14 bits per heavy atom. The minimum absolute atomic E-state index is 0.176. The topological polar surface area (TPSA) is 171 Å². The van der Waals surface area contributed by atoms with E-state index in [4.69, 9.17) is 24.3 Å². The number of benzene rings is 1. The maximum atomic E-state index is 13.6. The monoisotopic (exact) mass is 524 g/mol. The molecule has 1 saturated heterocycles. The summed E-state index contributed by atoms with van der Waals surface area (Å²) in [5.74, 6) is -1.13. The second kappa shape index (κ2) is 11.9. The highest BCUT2D eigenvalue weighted by Crippen LogP contribution is 2.45. The van der Waals surface area contributed by atoms with E-state index >= 15 is 0 Å². The fourth-order valence-corrected chi connectivity index (χ4v) is 4.92. The first-order chi connectivity index (χ1) is 17.0. The van der Waals surface area contributed by atoms with Crippen molar-refractivity contribution in [2.75, 3.05) is 6.61 Å². The molecule has 1 fully saturated rings. The Balaban J connectivity index is 1.74. The third kappa shape index (κ3) is 7.10. The Kier molecular flexibility index (Phi) is 9.18. The number of esters is 1. The van der Waals surface area contributed by atoms with Crippen LogP contribution >= 0.6 is 7.75 Å². The number of pyridine rings is 1. The van der Waals surface area contributed by atoms with Crippen molar-refractivity contribution < 1.29 is 47.5 Å². The summed E-state index contributed by atoms with van der Waals surface area (Å²) in [6, 6.07) is 10.2. The van der Waals surface area contributed by atoms with Gasteiger partial charge in [-0.25, -0.2) is 4.57 Å². The molecule has 0 radical (unpaired) electrons. The van der Waals surface area contributed by atoms with Crippen LogP contribution in [0.15, 0.2) is 54.9 Å². The van der Waals surface area contributed by atoms with Crippen molar-refractivity contribution in [3.05, 3.63) is 60.4 Å². The normalized spacial score (nSPS) is 24.2. The van der Waals surface area contributed by atoms with Crippen LogP contribution in [-0.4, -0.2) is 59.2 Å². The van der Waals surface area contributed by atoms with Gasteiger partial charge in [-0.2, -0.15) is 9.65 Å². The molecular weight excluding hydrogens is 493 g/mol.